The molecule has 4 heteroatoms. The van der Waals surface area contributed by atoms with E-state index in [1.54, 1.807) is 7.11 Å². The van der Waals surface area contributed by atoms with E-state index in [9.17, 15) is 9.90 Å². The third kappa shape index (κ3) is 2.27. The van der Waals surface area contributed by atoms with Crippen LogP contribution in [0.4, 0.5) is 0 Å². The molecule has 3 rings (SSSR count). The summed E-state index contributed by atoms with van der Waals surface area (Å²) in [6.07, 6.45) is 3.75. The minimum atomic E-state index is -0.917. The van der Waals surface area contributed by atoms with E-state index in [0.29, 0.717) is 11.1 Å². The van der Waals surface area contributed by atoms with Gasteiger partial charge in [0.15, 0.2) is 0 Å². The van der Waals surface area contributed by atoms with Crippen molar-refractivity contribution in [1.82, 2.24) is 4.40 Å². The van der Waals surface area contributed by atoms with Gasteiger partial charge in [-0.2, -0.15) is 0 Å². The summed E-state index contributed by atoms with van der Waals surface area (Å²) in [5, 5.41) is 9.71. The topological polar surface area (TPSA) is 50.9 Å². The number of carboxylic acids is 1. The molecule has 118 valence electrons. The number of aryl methyl sites for hydroxylation is 1. The monoisotopic (exact) mass is 309 g/mol. The van der Waals surface area contributed by atoms with Gasteiger partial charge in [0.1, 0.15) is 5.75 Å². The van der Waals surface area contributed by atoms with E-state index in [-0.39, 0.29) is 0 Å². The Morgan fingerprint density at radius 3 is 2.52 bits per heavy atom. The fraction of sp³-hybridized carbons (Fsp3) is 0.211. The third-order valence-corrected chi connectivity index (χ3v) is 4.42. The molecule has 0 spiro atoms. The number of nitrogens with zero attached hydrogens (tertiary/aromatic N) is 1. The summed E-state index contributed by atoms with van der Waals surface area (Å²) in [6.45, 7) is 5.98. The molecule has 1 N–H and O–H groups in total. The Bertz CT molecular complexity index is 922. The van der Waals surface area contributed by atoms with Gasteiger partial charge in [0.2, 0.25) is 0 Å². The van der Waals surface area contributed by atoms with Crippen LogP contribution in [0.2, 0.25) is 0 Å². The van der Waals surface area contributed by atoms with Crippen molar-refractivity contribution in [3.8, 4) is 16.9 Å². The lowest BCUT2D eigenvalue weighted by molar-refractivity contribution is 0.0700. The first kappa shape index (κ1) is 15.2. The molecule has 0 amide bonds. The van der Waals surface area contributed by atoms with Crippen LogP contribution in [0.5, 0.6) is 5.75 Å². The first-order valence-corrected chi connectivity index (χ1v) is 7.43. The molecule has 0 fully saturated rings. The predicted octanol–water partition coefficient (Wildman–Crippen LogP) is 4.24. The van der Waals surface area contributed by atoms with Crippen LogP contribution >= 0.6 is 0 Å². The Hall–Kier alpha value is -2.75. The molecule has 0 aliphatic rings. The number of aromatic carboxylic acids is 1. The van der Waals surface area contributed by atoms with Crippen molar-refractivity contribution < 1.29 is 14.6 Å². The normalized spacial score (nSPS) is 11.0. The van der Waals surface area contributed by atoms with Gasteiger partial charge in [0.25, 0.3) is 0 Å². The SMILES string of the molecule is COc1c(C)cc(-c2cn3ccccc3c2C(=O)O)c(C)c1C. The zero-order valence-electron chi connectivity index (χ0n) is 13.7. The number of hydrogen-bond donors (Lipinski definition) is 1. The summed E-state index contributed by atoms with van der Waals surface area (Å²) in [7, 11) is 1.66. The summed E-state index contributed by atoms with van der Waals surface area (Å²) in [5.41, 5.74) is 5.76. The number of ether oxygens (including phenoxy) is 1. The quantitative estimate of drug-likeness (QED) is 0.787. The fourth-order valence-electron chi connectivity index (χ4n) is 3.20. The molecular weight excluding hydrogens is 290 g/mol. The van der Waals surface area contributed by atoms with Gasteiger partial charge >= 0.3 is 5.97 Å². The molecule has 23 heavy (non-hydrogen) atoms. The Kier molecular flexibility index (Phi) is 3.60. The number of methoxy groups -OCH3 is 1. The average molecular weight is 309 g/mol. The first-order chi connectivity index (χ1) is 11.0. The number of benzene rings is 1. The van der Waals surface area contributed by atoms with Gasteiger partial charge in [-0.05, 0) is 61.2 Å². The first-order valence-electron chi connectivity index (χ1n) is 7.43. The summed E-state index contributed by atoms with van der Waals surface area (Å²) < 4.78 is 7.32. The number of fused-ring (bicyclic) bond motifs is 1. The molecule has 0 aliphatic carbocycles. The third-order valence-electron chi connectivity index (χ3n) is 4.42. The highest BCUT2D eigenvalue weighted by Gasteiger charge is 2.21. The zero-order valence-corrected chi connectivity index (χ0v) is 13.7. The van der Waals surface area contributed by atoms with Gasteiger partial charge in [-0.15, -0.1) is 0 Å². The smallest absolute Gasteiger partial charge is 0.338 e. The summed E-state index contributed by atoms with van der Waals surface area (Å²) >= 11 is 0. The second-order valence-electron chi connectivity index (χ2n) is 5.74. The van der Waals surface area contributed by atoms with Gasteiger partial charge in [-0.3, -0.25) is 0 Å². The standard InChI is InChI=1S/C19H19NO3/c1-11-9-14(12(2)13(3)18(11)23-4)15-10-20-8-6-5-7-16(20)17(15)19(21)22/h5-10H,1-4H3,(H,21,22). The molecule has 3 aromatic rings. The lowest BCUT2D eigenvalue weighted by Gasteiger charge is -2.15. The molecule has 2 aromatic heterocycles. The van der Waals surface area contributed by atoms with Crippen LogP contribution < -0.4 is 4.74 Å². The molecule has 0 saturated heterocycles. The van der Waals surface area contributed by atoms with E-state index in [0.717, 1.165) is 33.6 Å². The van der Waals surface area contributed by atoms with E-state index < -0.39 is 5.97 Å². The molecule has 0 unspecified atom stereocenters. The summed E-state index contributed by atoms with van der Waals surface area (Å²) in [5.74, 6) is -0.0638. The van der Waals surface area contributed by atoms with E-state index in [4.69, 9.17) is 4.74 Å². The second-order valence-corrected chi connectivity index (χ2v) is 5.74. The lowest BCUT2D eigenvalue weighted by Crippen LogP contribution is -2.00. The number of aromatic nitrogens is 1. The minimum Gasteiger partial charge on any atom is -0.496 e. The van der Waals surface area contributed by atoms with Crippen molar-refractivity contribution in [1.29, 1.82) is 0 Å². The predicted molar refractivity (Wildman–Crippen MR) is 90.6 cm³/mol. The average Bonchev–Trinajstić information content (AvgIpc) is 2.90. The van der Waals surface area contributed by atoms with Crippen LogP contribution in [0.3, 0.4) is 0 Å². The molecular formula is C19H19NO3. The van der Waals surface area contributed by atoms with Crippen LogP contribution in [0, 0.1) is 20.8 Å². The van der Waals surface area contributed by atoms with Crippen LogP contribution in [0.1, 0.15) is 27.0 Å². The highest BCUT2D eigenvalue weighted by Crippen LogP contribution is 2.37. The Morgan fingerprint density at radius 2 is 1.87 bits per heavy atom. The zero-order chi connectivity index (χ0) is 16.7. The van der Waals surface area contributed by atoms with Crippen LogP contribution in [0.25, 0.3) is 16.6 Å². The number of rotatable bonds is 3. The number of carboxylic acid groups (broad SMARTS) is 1. The molecule has 0 bridgehead atoms. The number of hydrogen-bond acceptors (Lipinski definition) is 2. The molecule has 0 atom stereocenters. The fourth-order valence-corrected chi connectivity index (χ4v) is 3.20. The lowest BCUT2D eigenvalue weighted by atomic mass is 9.93. The molecule has 2 heterocycles. The second kappa shape index (κ2) is 5.47. The highest BCUT2D eigenvalue weighted by molar-refractivity contribution is 6.04. The van der Waals surface area contributed by atoms with Gasteiger partial charge in [-0.25, -0.2) is 4.79 Å². The Balaban J connectivity index is 2.38. The maximum absolute atomic E-state index is 11.8. The van der Waals surface area contributed by atoms with Gasteiger partial charge in [-0.1, -0.05) is 6.07 Å². The van der Waals surface area contributed by atoms with Gasteiger partial charge in [0, 0.05) is 18.0 Å². The van der Waals surface area contributed by atoms with E-state index in [1.807, 2.05) is 61.8 Å². The van der Waals surface area contributed by atoms with Crippen molar-refractivity contribution in [2.24, 2.45) is 0 Å². The van der Waals surface area contributed by atoms with Crippen molar-refractivity contribution >= 4 is 11.5 Å². The van der Waals surface area contributed by atoms with E-state index in [1.165, 1.54) is 0 Å². The van der Waals surface area contributed by atoms with E-state index >= 15 is 0 Å². The van der Waals surface area contributed by atoms with Crippen LogP contribution in [-0.4, -0.2) is 22.6 Å². The van der Waals surface area contributed by atoms with Crippen molar-refractivity contribution in [3.05, 3.63) is 58.9 Å². The maximum atomic E-state index is 11.8. The molecule has 0 radical (unpaired) electrons. The Morgan fingerprint density at radius 1 is 1.13 bits per heavy atom. The largest absolute Gasteiger partial charge is 0.496 e. The van der Waals surface area contributed by atoms with Gasteiger partial charge < -0.3 is 14.2 Å². The van der Waals surface area contributed by atoms with Gasteiger partial charge in [0.05, 0.1) is 18.2 Å². The van der Waals surface area contributed by atoms with E-state index in [2.05, 4.69) is 0 Å². The number of pyridine rings is 1. The van der Waals surface area contributed by atoms with Crippen molar-refractivity contribution in [2.45, 2.75) is 20.8 Å². The highest BCUT2D eigenvalue weighted by atomic mass is 16.5. The number of carbonyl (C=O) groups is 1. The molecule has 0 aliphatic heterocycles. The van der Waals surface area contributed by atoms with Crippen LogP contribution in [0.15, 0.2) is 36.7 Å². The Labute approximate surface area is 135 Å². The molecule has 4 nitrogen and oxygen atoms in total. The summed E-state index contributed by atoms with van der Waals surface area (Å²) in [4.78, 5) is 11.8. The molecule has 0 saturated carbocycles. The summed E-state index contributed by atoms with van der Waals surface area (Å²) in [6, 6.07) is 7.57. The maximum Gasteiger partial charge on any atom is 0.338 e. The van der Waals surface area contributed by atoms with Crippen molar-refractivity contribution in [3.63, 3.8) is 0 Å². The molecule has 1 aromatic carbocycles. The van der Waals surface area contributed by atoms with Crippen LogP contribution in [-0.2, 0) is 0 Å². The van der Waals surface area contributed by atoms with Crippen molar-refractivity contribution in [2.75, 3.05) is 7.11 Å². The minimum absolute atomic E-state index is 0.331.